The molecule has 0 radical (unpaired) electrons. The largest absolute Gasteiger partial charge is 0.331 e. The molecular formula is C11H7FN2O. The molecule has 0 saturated carbocycles. The molecule has 1 unspecified atom stereocenters. The van der Waals surface area contributed by atoms with Crippen molar-refractivity contribution in [3.63, 3.8) is 0 Å². The lowest BCUT2D eigenvalue weighted by molar-refractivity contribution is 0.0989. The summed E-state index contributed by atoms with van der Waals surface area (Å²) in [5.41, 5.74) is 1.01. The highest BCUT2D eigenvalue weighted by Gasteiger charge is 2.27. The second-order valence-corrected chi connectivity index (χ2v) is 3.48. The average molecular weight is 202 g/mol. The predicted octanol–water partition coefficient (Wildman–Crippen LogP) is 2.05. The van der Waals surface area contributed by atoms with Gasteiger partial charge in [-0.1, -0.05) is 6.08 Å². The Morgan fingerprint density at radius 3 is 3.20 bits per heavy atom. The molecule has 0 spiro atoms. The number of aromatic nitrogens is 1. The Bertz CT molecular complexity index is 537. The molecule has 74 valence electrons. The number of carbonyl (C=O) groups is 1. The maximum Gasteiger partial charge on any atom is 0.293 e. The Morgan fingerprint density at radius 1 is 1.47 bits per heavy atom. The van der Waals surface area contributed by atoms with Crippen LogP contribution in [0.2, 0.25) is 0 Å². The van der Waals surface area contributed by atoms with E-state index in [0.717, 1.165) is 0 Å². The molecule has 1 aromatic rings. The van der Waals surface area contributed by atoms with Crippen LogP contribution in [0.4, 0.5) is 4.39 Å². The molecule has 0 fully saturated rings. The fourth-order valence-electron chi connectivity index (χ4n) is 1.88. The van der Waals surface area contributed by atoms with Crippen molar-refractivity contribution in [3.8, 4) is 0 Å². The Kier molecular flexibility index (Phi) is 1.54. The van der Waals surface area contributed by atoms with Crippen molar-refractivity contribution < 1.29 is 9.18 Å². The summed E-state index contributed by atoms with van der Waals surface area (Å²) in [5, 5.41) is 0. The lowest BCUT2D eigenvalue weighted by Gasteiger charge is -2.23. The van der Waals surface area contributed by atoms with Gasteiger partial charge >= 0.3 is 0 Å². The van der Waals surface area contributed by atoms with Crippen LogP contribution >= 0.6 is 0 Å². The van der Waals surface area contributed by atoms with Gasteiger partial charge in [-0.05, 0) is 24.3 Å². The van der Waals surface area contributed by atoms with Crippen LogP contribution < -0.4 is 0 Å². The van der Waals surface area contributed by atoms with Gasteiger partial charge in [-0.25, -0.2) is 9.38 Å². The van der Waals surface area contributed by atoms with Gasteiger partial charge in [-0.3, -0.25) is 4.79 Å². The molecule has 4 heteroatoms. The fraction of sp³-hybridized carbons (Fsp3) is 0.0909. The van der Waals surface area contributed by atoms with Crippen LogP contribution in [-0.4, -0.2) is 16.2 Å². The highest BCUT2D eigenvalue weighted by molar-refractivity contribution is 6.12. The third kappa shape index (κ3) is 1.11. The minimum Gasteiger partial charge on any atom is -0.331 e. The topological polar surface area (TPSA) is 34.4 Å². The van der Waals surface area contributed by atoms with E-state index in [0.29, 0.717) is 11.4 Å². The van der Waals surface area contributed by atoms with Crippen LogP contribution in [0.5, 0.6) is 0 Å². The lowest BCUT2D eigenvalue weighted by Crippen LogP contribution is -2.26. The minimum atomic E-state index is -0.367. The quantitative estimate of drug-likeness (QED) is 0.634. The Balaban J connectivity index is 2.19. The van der Waals surface area contributed by atoms with E-state index in [1.54, 1.807) is 29.0 Å². The molecule has 2 heterocycles. The maximum atomic E-state index is 13.0. The summed E-state index contributed by atoms with van der Waals surface area (Å²) >= 11 is 0. The van der Waals surface area contributed by atoms with Gasteiger partial charge < -0.3 is 4.57 Å². The van der Waals surface area contributed by atoms with E-state index < -0.39 is 0 Å². The van der Waals surface area contributed by atoms with E-state index in [9.17, 15) is 9.18 Å². The first-order chi connectivity index (χ1) is 7.25. The number of rotatable bonds is 0. The van der Waals surface area contributed by atoms with Crippen molar-refractivity contribution >= 4 is 11.6 Å². The summed E-state index contributed by atoms with van der Waals surface area (Å²) < 4.78 is 14.8. The first-order valence-corrected chi connectivity index (χ1v) is 4.61. The number of nitrogens with zero attached hydrogens (tertiary/aromatic N) is 2. The zero-order chi connectivity index (χ0) is 10.4. The average Bonchev–Trinajstić information content (AvgIpc) is 2.66. The number of hydrogen-bond donors (Lipinski definition) is 0. The third-order valence-electron chi connectivity index (χ3n) is 2.55. The molecule has 1 aliphatic carbocycles. The van der Waals surface area contributed by atoms with Crippen molar-refractivity contribution in [2.75, 3.05) is 0 Å². The number of aliphatic imine (C=N–C) groups is 1. The van der Waals surface area contributed by atoms with Crippen LogP contribution in [0.3, 0.4) is 0 Å². The Hall–Kier alpha value is -1.97. The van der Waals surface area contributed by atoms with Crippen LogP contribution in [0.25, 0.3) is 0 Å². The van der Waals surface area contributed by atoms with E-state index in [2.05, 4.69) is 4.99 Å². The summed E-state index contributed by atoms with van der Waals surface area (Å²) in [5.74, 6) is -0.681. The van der Waals surface area contributed by atoms with Crippen LogP contribution in [0.15, 0.2) is 47.4 Å². The van der Waals surface area contributed by atoms with Crippen molar-refractivity contribution in [2.24, 2.45) is 4.99 Å². The molecule has 1 aromatic heterocycles. The second-order valence-electron chi connectivity index (χ2n) is 3.48. The Labute approximate surface area is 85.2 Å². The van der Waals surface area contributed by atoms with Gasteiger partial charge in [0.15, 0.2) is 0 Å². The van der Waals surface area contributed by atoms with E-state index >= 15 is 0 Å². The molecule has 0 N–H and O–H groups in total. The first-order valence-electron chi connectivity index (χ1n) is 4.61. The number of amides is 1. The van der Waals surface area contributed by atoms with Gasteiger partial charge in [0.2, 0.25) is 0 Å². The molecule has 0 saturated heterocycles. The highest BCUT2D eigenvalue weighted by atomic mass is 19.1. The predicted molar refractivity (Wildman–Crippen MR) is 53.6 cm³/mol. The molecule has 1 aliphatic heterocycles. The van der Waals surface area contributed by atoms with Crippen molar-refractivity contribution in [3.05, 3.63) is 48.1 Å². The molecule has 0 bridgehead atoms. The lowest BCUT2D eigenvalue weighted by atomic mass is 10.0. The number of halogens is 1. The van der Waals surface area contributed by atoms with Gasteiger partial charge in [-0.2, -0.15) is 0 Å². The summed E-state index contributed by atoms with van der Waals surface area (Å²) in [7, 11) is 0. The SMILES string of the molecule is O=C1N=C2C=C(F)C=CC2n2cccc21. The molecule has 0 aromatic carbocycles. The van der Waals surface area contributed by atoms with Crippen molar-refractivity contribution in [1.82, 2.24) is 4.57 Å². The minimum absolute atomic E-state index is 0.146. The zero-order valence-electron chi connectivity index (χ0n) is 7.72. The summed E-state index contributed by atoms with van der Waals surface area (Å²) in [6, 6.07) is 3.35. The highest BCUT2D eigenvalue weighted by Crippen LogP contribution is 2.26. The van der Waals surface area contributed by atoms with Gasteiger partial charge in [0, 0.05) is 6.20 Å². The Morgan fingerprint density at radius 2 is 2.33 bits per heavy atom. The normalized spacial score (nSPS) is 23.0. The summed E-state index contributed by atoms with van der Waals surface area (Å²) in [6.45, 7) is 0. The number of carbonyl (C=O) groups excluding carboxylic acids is 1. The second kappa shape index (κ2) is 2.76. The van der Waals surface area contributed by atoms with E-state index in [1.807, 2.05) is 0 Å². The van der Waals surface area contributed by atoms with E-state index in [-0.39, 0.29) is 17.8 Å². The molecule has 1 amide bonds. The first kappa shape index (κ1) is 8.35. The third-order valence-corrected chi connectivity index (χ3v) is 2.55. The van der Waals surface area contributed by atoms with Crippen LogP contribution in [0.1, 0.15) is 16.5 Å². The van der Waals surface area contributed by atoms with Gasteiger partial charge in [0.05, 0.1) is 11.8 Å². The van der Waals surface area contributed by atoms with Crippen molar-refractivity contribution in [1.29, 1.82) is 0 Å². The number of hydrogen-bond acceptors (Lipinski definition) is 1. The van der Waals surface area contributed by atoms with Crippen LogP contribution in [-0.2, 0) is 0 Å². The van der Waals surface area contributed by atoms with E-state index in [1.165, 1.54) is 12.2 Å². The molecule has 1 atom stereocenters. The van der Waals surface area contributed by atoms with Crippen LogP contribution in [0, 0.1) is 0 Å². The molecule has 3 nitrogen and oxygen atoms in total. The molecule has 2 aliphatic rings. The molecular weight excluding hydrogens is 195 g/mol. The fourth-order valence-corrected chi connectivity index (χ4v) is 1.88. The summed E-state index contributed by atoms with van der Waals surface area (Å²) in [6.07, 6.45) is 6.19. The van der Waals surface area contributed by atoms with Crippen molar-refractivity contribution in [2.45, 2.75) is 6.04 Å². The van der Waals surface area contributed by atoms with Gasteiger partial charge in [0.25, 0.3) is 5.91 Å². The zero-order valence-corrected chi connectivity index (χ0v) is 7.72. The molecule has 3 rings (SSSR count). The monoisotopic (exact) mass is 202 g/mol. The molecule has 15 heavy (non-hydrogen) atoms. The maximum absolute atomic E-state index is 13.0. The van der Waals surface area contributed by atoms with E-state index in [4.69, 9.17) is 0 Å². The number of allylic oxidation sites excluding steroid dienone is 4. The summed E-state index contributed by atoms with van der Waals surface area (Å²) in [4.78, 5) is 15.4. The standard InChI is InChI=1S/C11H7FN2O/c12-7-3-4-9-8(6-7)13-11(15)10-2-1-5-14(9)10/h1-6,9H. The smallest absolute Gasteiger partial charge is 0.293 e. The number of fused-ring (bicyclic) bond motifs is 3. The van der Waals surface area contributed by atoms with Gasteiger partial charge in [0.1, 0.15) is 11.5 Å². The van der Waals surface area contributed by atoms with Gasteiger partial charge in [-0.15, -0.1) is 0 Å².